The van der Waals surface area contributed by atoms with Crippen molar-refractivity contribution in [3.05, 3.63) is 52.6 Å². The number of carbonyl (C=O) groups excluding carboxylic acids is 2. The number of aromatic nitrogens is 2. The Morgan fingerprint density at radius 1 is 1.07 bits per heavy atom. The molecule has 1 saturated carbocycles. The lowest BCUT2D eigenvalue weighted by Crippen LogP contribution is -2.48. The van der Waals surface area contributed by atoms with E-state index in [4.69, 9.17) is 4.74 Å². The number of rotatable bonds is 7. The van der Waals surface area contributed by atoms with Gasteiger partial charge in [-0.25, -0.2) is 14.4 Å². The van der Waals surface area contributed by atoms with E-state index in [0.29, 0.717) is 19.1 Å². The summed E-state index contributed by atoms with van der Waals surface area (Å²) in [5.41, 5.74) is 0.947. The van der Waals surface area contributed by atoms with Crippen LogP contribution >= 0.6 is 0 Å². The van der Waals surface area contributed by atoms with Crippen molar-refractivity contribution in [2.75, 3.05) is 38.0 Å². The number of hydrogen-bond donors (Lipinski definition) is 3. The lowest BCUT2D eigenvalue weighted by molar-refractivity contribution is 0.0476. The number of ether oxygens (including phenoxy) is 1. The van der Waals surface area contributed by atoms with Crippen molar-refractivity contribution in [2.24, 2.45) is 0 Å². The smallest absolute Gasteiger partial charge is 0.407 e. The molecule has 2 aliphatic rings. The highest BCUT2D eigenvalue weighted by Crippen LogP contribution is 2.25. The summed E-state index contributed by atoms with van der Waals surface area (Å²) in [5, 5.41) is 8.95. The molecule has 1 saturated heterocycles. The Kier molecular flexibility index (Phi) is 9.80. The zero-order valence-corrected chi connectivity index (χ0v) is 24.1. The summed E-state index contributed by atoms with van der Waals surface area (Å²) >= 11 is 0. The molecule has 0 atom stereocenters. The summed E-state index contributed by atoms with van der Waals surface area (Å²) < 4.78 is 6.87. The number of carbonyl (C=O) groups is 2. The standard InChI is InChI=1S/C29H43N7O4/c1-5-34(23-12-8-22(9-13-23)31-28(39)40-29(2,3)4)20-21-6-10-24(11-7-21)36-17-14-25(33-27(36)38)32-26(37)35-18-15-30-16-19-35/h6-7,10-11,14,17,22-23,30H,5,8-9,12-13,15-16,18-20H2,1-4H3,(H,31,39)(H,32,33,37,38). The van der Waals surface area contributed by atoms with Crippen molar-refractivity contribution in [1.82, 2.24) is 30.0 Å². The molecule has 1 aromatic heterocycles. The Labute approximate surface area is 236 Å². The topological polar surface area (TPSA) is 121 Å². The minimum atomic E-state index is -0.494. The molecule has 218 valence electrons. The van der Waals surface area contributed by atoms with Crippen molar-refractivity contribution < 1.29 is 14.3 Å². The second kappa shape index (κ2) is 13.3. The Morgan fingerprint density at radius 2 is 1.75 bits per heavy atom. The molecule has 11 nitrogen and oxygen atoms in total. The van der Waals surface area contributed by atoms with E-state index >= 15 is 0 Å². The van der Waals surface area contributed by atoms with E-state index in [1.165, 1.54) is 10.1 Å². The van der Waals surface area contributed by atoms with Gasteiger partial charge in [-0.1, -0.05) is 19.1 Å². The van der Waals surface area contributed by atoms with Crippen LogP contribution in [0.3, 0.4) is 0 Å². The zero-order valence-electron chi connectivity index (χ0n) is 24.1. The van der Waals surface area contributed by atoms with Gasteiger partial charge in [0.15, 0.2) is 0 Å². The van der Waals surface area contributed by atoms with Gasteiger partial charge in [-0.2, -0.15) is 4.98 Å². The number of nitrogens with one attached hydrogen (secondary N) is 3. The van der Waals surface area contributed by atoms with Gasteiger partial charge in [-0.15, -0.1) is 0 Å². The summed E-state index contributed by atoms with van der Waals surface area (Å²) in [7, 11) is 0. The lowest BCUT2D eigenvalue weighted by Gasteiger charge is -2.36. The fourth-order valence-corrected chi connectivity index (χ4v) is 5.28. The molecule has 2 heterocycles. The molecule has 3 N–H and O–H groups in total. The third kappa shape index (κ3) is 8.28. The van der Waals surface area contributed by atoms with Gasteiger partial charge in [0, 0.05) is 51.0 Å². The second-order valence-corrected chi connectivity index (χ2v) is 11.5. The van der Waals surface area contributed by atoms with Gasteiger partial charge in [0.25, 0.3) is 0 Å². The average Bonchev–Trinajstić information content (AvgIpc) is 2.92. The first-order chi connectivity index (χ1) is 19.1. The number of hydrogen-bond acceptors (Lipinski definition) is 7. The number of anilines is 1. The molecule has 0 spiro atoms. The predicted molar refractivity (Wildman–Crippen MR) is 155 cm³/mol. The zero-order chi connectivity index (χ0) is 28.7. The van der Waals surface area contributed by atoms with Gasteiger partial charge in [0.05, 0.1) is 5.69 Å². The normalized spacial score (nSPS) is 19.8. The minimum Gasteiger partial charge on any atom is -0.444 e. The molecule has 3 amide bonds. The van der Waals surface area contributed by atoms with Crippen LogP contribution in [0.2, 0.25) is 0 Å². The third-order valence-corrected chi connectivity index (χ3v) is 7.38. The van der Waals surface area contributed by atoms with Crippen LogP contribution in [0, 0.1) is 0 Å². The molecule has 11 heteroatoms. The molecule has 0 bridgehead atoms. The van der Waals surface area contributed by atoms with Crippen LogP contribution in [0.15, 0.2) is 41.3 Å². The maximum absolute atomic E-state index is 12.7. The molecule has 2 aromatic rings. The van der Waals surface area contributed by atoms with Crippen LogP contribution in [-0.4, -0.2) is 81.9 Å². The summed E-state index contributed by atoms with van der Waals surface area (Å²) in [6, 6.07) is 9.93. The van der Waals surface area contributed by atoms with E-state index in [1.54, 1.807) is 17.2 Å². The van der Waals surface area contributed by atoms with Crippen molar-refractivity contribution >= 4 is 17.9 Å². The van der Waals surface area contributed by atoms with E-state index in [0.717, 1.165) is 57.5 Å². The molecule has 40 heavy (non-hydrogen) atoms. The Balaban J connectivity index is 1.30. The van der Waals surface area contributed by atoms with Crippen LogP contribution in [0.25, 0.3) is 5.69 Å². The Hall–Kier alpha value is -3.44. The minimum absolute atomic E-state index is 0.151. The molecular weight excluding hydrogens is 510 g/mol. The van der Waals surface area contributed by atoms with Crippen molar-refractivity contribution in [1.29, 1.82) is 0 Å². The first-order valence-electron chi connectivity index (χ1n) is 14.3. The van der Waals surface area contributed by atoms with E-state index in [1.807, 2.05) is 45.0 Å². The molecule has 1 aliphatic heterocycles. The molecule has 4 rings (SSSR count). The van der Waals surface area contributed by atoms with Gasteiger partial charge < -0.3 is 20.3 Å². The number of nitrogens with zero attached hydrogens (tertiary/aromatic N) is 4. The maximum Gasteiger partial charge on any atom is 0.407 e. The van der Waals surface area contributed by atoms with Crippen LogP contribution < -0.4 is 21.6 Å². The van der Waals surface area contributed by atoms with E-state index in [-0.39, 0.29) is 24.0 Å². The molecule has 2 fully saturated rings. The van der Waals surface area contributed by atoms with E-state index in [9.17, 15) is 14.4 Å². The highest BCUT2D eigenvalue weighted by atomic mass is 16.6. The lowest BCUT2D eigenvalue weighted by atomic mass is 9.90. The number of urea groups is 1. The molecule has 1 aromatic carbocycles. The largest absolute Gasteiger partial charge is 0.444 e. The Bertz CT molecular complexity index is 1190. The maximum atomic E-state index is 12.7. The molecule has 1 aliphatic carbocycles. The fourth-order valence-electron chi connectivity index (χ4n) is 5.28. The van der Waals surface area contributed by atoms with Gasteiger partial charge in [0.1, 0.15) is 11.4 Å². The third-order valence-electron chi connectivity index (χ3n) is 7.38. The second-order valence-electron chi connectivity index (χ2n) is 11.5. The predicted octanol–water partition coefficient (Wildman–Crippen LogP) is 3.33. The number of alkyl carbamates (subject to hydrolysis) is 1. The van der Waals surface area contributed by atoms with E-state index < -0.39 is 11.3 Å². The monoisotopic (exact) mass is 553 g/mol. The number of benzene rings is 1. The van der Waals surface area contributed by atoms with Crippen LogP contribution in [-0.2, 0) is 11.3 Å². The highest BCUT2D eigenvalue weighted by molar-refractivity contribution is 5.88. The first-order valence-corrected chi connectivity index (χ1v) is 14.3. The van der Waals surface area contributed by atoms with Crippen molar-refractivity contribution in [3.63, 3.8) is 0 Å². The first kappa shape index (κ1) is 29.5. The van der Waals surface area contributed by atoms with Crippen LogP contribution in [0.5, 0.6) is 0 Å². The fraction of sp³-hybridized carbons (Fsp3) is 0.586. The van der Waals surface area contributed by atoms with Crippen LogP contribution in [0.1, 0.15) is 58.9 Å². The average molecular weight is 554 g/mol. The molecule has 0 radical (unpaired) electrons. The van der Waals surface area contributed by atoms with E-state index in [2.05, 4.69) is 32.8 Å². The van der Waals surface area contributed by atoms with Crippen molar-refractivity contribution in [2.45, 2.75) is 77.6 Å². The quantitative estimate of drug-likeness (QED) is 0.481. The SMILES string of the molecule is CCN(Cc1ccc(-n2ccc(NC(=O)N3CCNCC3)nc2=O)cc1)C1CCC(NC(=O)OC(C)(C)C)CC1. The molecule has 0 unspecified atom stereocenters. The summed E-state index contributed by atoms with van der Waals surface area (Å²) in [4.78, 5) is 45.5. The summed E-state index contributed by atoms with van der Waals surface area (Å²) in [5.74, 6) is 0.246. The number of piperazine rings is 1. The molecular formula is C29H43N7O4. The summed E-state index contributed by atoms with van der Waals surface area (Å²) in [6.45, 7) is 12.3. The Morgan fingerprint density at radius 3 is 2.35 bits per heavy atom. The highest BCUT2D eigenvalue weighted by Gasteiger charge is 2.27. The van der Waals surface area contributed by atoms with Crippen LogP contribution in [0.4, 0.5) is 15.4 Å². The summed E-state index contributed by atoms with van der Waals surface area (Å²) in [6.07, 6.45) is 5.20. The van der Waals surface area contributed by atoms with Gasteiger partial charge in [0.2, 0.25) is 0 Å². The van der Waals surface area contributed by atoms with Gasteiger partial charge in [-0.05, 0) is 76.8 Å². The van der Waals surface area contributed by atoms with Gasteiger partial charge in [-0.3, -0.25) is 14.8 Å². The van der Waals surface area contributed by atoms with Crippen molar-refractivity contribution in [3.8, 4) is 5.69 Å². The number of amides is 3. The van der Waals surface area contributed by atoms with Gasteiger partial charge >= 0.3 is 17.8 Å².